The summed E-state index contributed by atoms with van der Waals surface area (Å²) in [4.78, 5) is 0. The summed E-state index contributed by atoms with van der Waals surface area (Å²) < 4.78 is 28.9. The summed E-state index contributed by atoms with van der Waals surface area (Å²) in [7, 11) is 0. The molecule has 0 amide bonds. The molecule has 0 fully saturated rings. The van der Waals surface area contributed by atoms with Gasteiger partial charge in [-0.3, -0.25) is 5.84 Å². The number of thiophene rings is 1. The maximum atomic E-state index is 14.0. The quantitative estimate of drug-likeness (QED) is 0.464. The largest absolute Gasteiger partial charge is 0.271 e. The van der Waals surface area contributed by atoms with Crippen LogP contribution < -0.4 is 11.3 Å². The van der Waals surface area contributed by atoms with Crippen molar-refractivity contribution in [1.29, 1.82) is 0 Å². The summed E-state index contributed by atoms with van der Waals surface area (Å²) in [6.07, 6.45) is 0. The molecule has 1 aromatic heterocycles. The maximum absolute atomic E-state index is 14.0. The van der Waals surface area contributed by atoms with E-state index in [1.807, 2.05) is 0 Å². The van der Waals surface area contributed by atoms with Crippen LogP contribution in [-0.2, 0) is 0 Å². The molecule has 1 atom stereocenters. The summed E-state index contributed by atoms with van der Waals surface area (Å²) in [5.41, 5.74) is 3.04. The Morgan fingerprint density at radius 2 is 2.00 bits per heavy atom. The fourth-order valence-electron chi connectivity index (χ4n) is 1.63. The van der Waals surface area contributed by atoms with Crippen molar-refractivity contribution in [3.63, 3.8) is 0 Å². The SMILES string of the molecule is NNC(c1csc(Br)c1)c1c(F)ccc(Br)c1F. The van der Waals surface area contributed by atoms with Gasteiger partial charge in [-0.05, 0) is 61.0 Å². The van der Waals surface area contributed by atoms with Gasteiger partial charge in [-0.2, -0.15) is 0 Å². The van der Waals surface area contributed by atoms with Gasteiger partial charge < -0.3 is 0 Å². The average molecular weight is 398 g/mol. The monoisotopic (exact) mass is 396 g/mol. The Hall–Kier alpha value is -0.340. The highest BCUT2D eigenvalue weighted by Gasteiger charge is 2.23. The number of hydrazine groups is 1. The topological polar surface area (TPSA) is 38.0 Å². The molecule has 7 heteroatoms. The first kappa shape index (κ1) is 14.1. The maximum Gasteiger partial charge on any atom is 0.145 e. The van der Waals surface area contributed by atoms with Crippen LogP contribution in [0.2, 0.25) is 0 Å². The molecule has 2 rings (SSSR count). The predicted octanol–water partition coefficient (Wildman–Crippen LogP) is 4.10. The standard InChI is InChI=1S/C11H8Br2F2N2S/c12-6-1-2-7(14)9(10(6)15)11(17-16)5-3-8(13)18-4-5/h1-4,11,17H,16H2. The van der Waals surface area contributed by atoms with Gasteiger partial charge in [0, 0.05) is 5.56 Å². The van der Waals surface area contributed by atoms with E-state index in [2.05, 4.69) is 37.3 Å². The Morgan fingerprint density at radius 3 is 2.56 bits per heavy atom. The summed E-state index contributed by atoms with van der Waals surface area (Å²) in [5.74, 6) is 4.13. The van der Waals surface area contributed by atoms with Crippen molar-refractivity contribution in [2.75, 3.05) is 0 Å². The molecule has 0 radical (unpaired) electrons. The number of hydrogen-bond donors (Lipinski definition) is 2. The van der Waals surface area contributed by atoms with Gasteiger partial charge in [-0.1, -0.05) is 0 Å². The molecule has 0 aliphatic heterocycles. The minimum absolute atomic E-state index is 0.0998. The minimum Gasteiger partial charge on any atom is -0.271 e. The molecule has 0 aliphatic carbocycles. The lowest BCUT2D eigenvalue weighted by atomic mass is 10.0. The predicted molar refractivity (Wildman–Crippen MR) is 75.2 cm³/mol. The highest BCUT2D eigenvalue weighted by atomic mass is 79.9. The Morgan fingerprint density at radius 1 is 1.28 bits per heavy atom. The van der Waals surface area contributed by atoms with E-state index < -0.39 is 17.7 Å². The van der Waals surface area contributed by atoms with E-state index in [0.29, 0.717) is 5.56 Å². The highest BCUT2D eigenvalue weighted by molar-refractivity contribution is 9.11. The Labute approximate surface area is 123 Å². The first-order valence-electron chi connectivity index (χ1n) is 4.88. The van der Waals surface area contributed by atoms with E-state index in [1.54, 1.807) is 11.4 Å². The van der Waals surface area contributed by atoms with E-state index in [0.717, 1.165) is 3.79 Å². The van der Waals surface area contributed by atoms with E-state index in [-0.39, 0.29) is 10.0 Å². The van der Waals surface area contributed by atoms with Crippen LogP contribution in [0, 0.1) is 11.6 Å². The van der Waals surface area contributed by atoms with Crippen LogP contribution in [-0.4, -0.2) is 0 Å². The molecule has 3 N–H and O–H groups in total. The van der Waals surface area contributed by atoms with Gasteiger partial charge in [0.25, 0.3) is 0 Å². The zero-order valence-electron chi connectivity index (χ0n) is 8.88. The molecule has 96 valence electrons. The molecule has 1 unspecified atom stereocenters. The molecule has 2 aromatic rings. The number of hydrogen-bond acceptors (Lipinski definition) is 3. The highest BCUT2D eigenvalue weighted by Crippen LogP contribution is 2.33. The summed E-state index contributed by atoms with van der Waals surface area (Å²) in [5, 5.41) is 1.79. The molecule has 18 heavy (non-hydrogen) atoms. The molecule has 0 saturated heterocycles. The van der Waals surface area contributed by atoms with Gasteiger partial charge >= 0.3 is 0 Å². The molecular weight excluding hydrogens is 390 g/mol. The molecule has 1 aromatic carbocycles. The van der Waals surface area contributed by atoms with E-state index in [9.17, 15) is 8.78 Å². The van der Waals surface area contributed by atoms with Crippen LogP contribution in [0.4, 0.5) is 8.78 Å². The van der Waals surface area contributed by atoms with E-state index >= 15 is 0 Å². The zero-order valence-corrected chi connectivity index (χ0v) is 12.9. The molecule has 0 spiro atoms. The lowest BCUT2D eigenvalue weighted by molar-refractivity contribution is 0.508. The molecule has 1 heterocycles. The van der Waals surface area contributed by atoms with E-state index in [1.165, 1.54) is 23.5 Å². The zero-order chi connectivity index (χ0) is 13.3. The van der Waals surface area contributed by atoms with Gasteiger partial charge in [0.15, 0.2) is 0 Å². The second-order valence-corrected chi connectivity index (χ2v) is 6.69. The summed E-state index contributed by atoms with van der Waals surface area (Å²) in [6.45, 7) is 0. The number of nitrogens with two attached hydrogens (primary N) is 1. The fourth-order valence-corrected chi connectivity index (χ4v) is 3.18. The van der Waals surface area contributed by atoms with Crippen LogP contribution in [0.15, 0.2) is 31.8 Å². The fraction of sp³-hybridized carbons (Fsp3) is 0.0909. The first-order valence-corrected chi connectivity index (χ1v) is 7.34. The van der Waals surface area contributed by atoms with Crippen molar-refractivity contribution in [3.05, 3.63) is 54.6 Å². The van der Waals surface area contributed by atoms with Crippen molar-refractivity contribution in [2.24, 2.45) is 5.84 Å². The summed E-state index contributed by atoms with van der Waals surface area (Å²) >= 11 is 7.77. The first-order chi connectivity index (χ1) is 8.54. The number of benzene rings is 1. The van der Waals surface area contributed by atoms with Crippen LogP contribution in [0.5, 0.6) is 0 Å². The normalized spacial score (nSPS) is 12.7. The van der Waals surface area contributed by atoms with Crippen LogP contribution in [0.25, 0.3) is 0 Å². The molecule has 0 bridgehead atoms. The minimum atomic E-state index is -0.731. The van der Waals surface area contributed by atoms with Crippen molar-refractivity contribution >= 4 is 43.2 Å². The van der Waals surface area contributed by atoms with Gasteiger partial charge in [0.1, 0.15) is 11.6 Å². The molecule has 0 aliphatic rings. The summed E-state index contributed by atoms with van der Waals surface area (Å²) in [6, 6.07) is 3.57. The Bertz CT molecular complexity index is 574. The average Bonchev–Trinajstić information content (AvgIpc) is 2.76. The van der Waals surface area contributed by atoms with Crippen molar-refractivity contribution in [1.82, 2.24) is 5.43 Å². The Kier molecular flexibility index (Phi) is 4.50. The third-order valence-electron chi connectivity index (χ3n) is 2.46. The van der Waals surface area contributed by atoms with Crippen LogP contribution in [0.1, 0.15) is 17.2 Å². The third kappa shape index (κ3) is 2.65. The van der Waals surface area contributed by atoms with Crippen molar-refractivity contribution in [3.8, 4) is 0 Å². The van der Waals surface area contributed by atoms with Crippen LogP contribution >= 0.6 is 43.2 Å². The lowest BCUT2D eigenvalue weighted by Gasteiger charge is -2.17. The number of halogens is 4. The second-order valence-electron chi connectivity index (χ2n) is 3.54. The molecule has 2 nitrogen and oxygen atoms in total. The van der Waals surface area contributed by atoms with E-state index in [4.69, 9.17) is 5.84 Å². The van der Waals surface area contributed by atoms with Crippen molar-refractivity contribution in [2.45, 2.75) is 6.04 Å². The lowest BCUT2D eigenvalue weighted by Crippen LogP contribution is -2.30. The molecule has 0 saturated carbocycles. The van der Waals surface area contributed by atoms with Gasteiger partial charge in [-0.15, -0.1) is 11.3 Å². The number of nitrogens with one attached hydrogen (secondary N) is 1. The van der Waals surface area contributed by atoms with Gasteiger partial charge in [-0.25, -0.2) is 14.2 Å². The third-order valence-corrected chi connectivity index (χ3v) is 4.59. The van der Waals surface area contributed by atoms with Crippen LogP contribution in [0.3, 0.4) is 0 Å². The van der Waals surface area contributed by atoms with Gasteiger partial charge in [0.05, 0.1) is 14.3 Å². The smallest absolute Gasteiger partial charge is 0.145 e. The molecular formula is C11H8Br2F2N2S. The van der Waals surface area contributed by atoms with Crippen molar-refractivity contribution < 1.29 is 8.78 Å². The number of rotatable bonds is 3. The second kappa shape index (κ2) is 5.75. The van der Waals surface area contributed by atoms with Gasteiger partial charge in [0.2, 0.25) is 0 Å². The Balaban J connectivity index is 2.55.